The number of aryl methyl sites for hydroxylation is 2. The second-order valence-corrected chi connectivity index (χ2v) is 8.25. The van der Waals surface area contributed by atoms with Crippen LogP contribution in [0.1, 0.15) is 29.5 Å². The van der Waals surface area contributed by atoms with E-state index in [1.54, 1.807) is 4.90 Å². The fourth-order valence-corrected chi connectivity index (χ4v) is 4.39. The van der Waals surface area contributed by atoms with Crippen LogP contribution in [0.3, 0.4) is 0 Å². The van der Waals surface area contributed by atoms with E-state index in [0.29, 0.717) is 11.7 Å². The van der Waals surface area contributed by atoms with E-state index >= 15 is 0 Å². The van der Waals surface area contributed by atoms with Gasteiger partial charge in [0.2, 0.25) is 17.7 Å². The van der Waals surface area contributed by atoms with Crippen LogP contribution in [0.25, 0.3) is 10.2 Å². The topological polar surface area (TPSA) is 70.6 Å². The molecule has 2 heterocycles. The third-order valence-electron chi connectivity index (χ3n) is 5.16. The van der Waals surface area contributed by atoms with Crippen LogP contribution < -0.4 is 4.90 Å². The molecule has 1 fully saturated rings. The molecule has 7 heteroatoms. The number of carbonyl (C=O) groups excluding carboxylic acids is 3. The summed E-state index contributed by atoms with van der Waals surface area (Å²) in [7, 11) is 0. The lowest BCUT2D eigenvalue weighted by Crippen LogP contribution is -2.42. The van der Waals surface area contributed by atoms with Gasteiger partial charge >= 0.3 is 0 Å². The Labute approximate surface area is 172 Å². The minimum atomic E-state index is -0.315. The van der Waals surface area contributed by atoms with Gasteiger partial charge in [0, 0.05) is 12.8 Å². The average molecular weight is 407 g/mol. The van der Waals surface area contributed by atoms with Gasteiger partial charge < -0.3 is 0 Å². The number of amides is 3. The first kappa shape index (κ1) is 19.3. The number of carbonyl (C=O) groups is 3. The van der Waals surface area contributed by atoms with E-state index in [-0.39, 0.29) is 37.1 Å². The number of imide groups is 1. The van der Waals surface area contributed by atoms with Gasteiger partial charge in [-0.3, -0.25) is 24.2 Å². The standard InChI is InChI=1S/C22H21N3O3S/c1-14-10-17-18(11-15(14)2)29-22(23-17)25(12-16-6-4-3-5-7-16)21(28)13-24-19(26)8-9-20(24)27/h3-7,10-11H,8-9,12-13H2,1-2H3. The van der Waals surface area contributed by atoms with Gasteiger partial charge in [-0.1, -0.05) is 41.7 Å². The van der Waals surface area contributed by atoms with Crippen LogP contribution in [0, 0.1) is 13.8 Å². The number of fused-ring (bicyclic) bond motifs is 1. The highest BCUT2D eigenvalue weighted by molar-refractivity contribution is 7.22. The molecular formula is C22H21N3O3S. The molecule has 29 heavy (non-hydrogen) atoms. The van der Waals surface area contributed by atoms with Crippen LogP contribution in [0.15, 0.2) is 42.5 Å². The summed E-state index contributed by atoms with van der Waals surface area (Å²) in [6.07, 6.45) is 0.342. The Bertz CT molecular complexity index is 1050. The normalized spacial score (nSPS) is 14.1. The largest absolute Gasteiger partial charge is 0.282 e. The highest BCUT2D eigenvalue weighted by Gasteiger charge is 2.32. The van der Waals surface area contributed by atoms with Crippen molar-refractivity contribution >= 4 is 44.4 Å². The Kier molecular flexibility index (Phi) is 5.15. The highest BCUT2D eigenvalue weighted by atomic mass is 32.1. The van der Waals surface area contributed by atoms with E-state index in [9.17, 15) is 14.4 Å². The third kappa shape index (κ3) is 3.91. The Morgan fingerprint density at radius 1 is 1.07 bits per heavy atom. The van der Waals surface area contributed by atoms with Crippen molar-refractivity contribution in [2.75, 3.05) is 11.4 Å². The van der Waals surface area contributed by atoms with Crippen LogP contribution in [-0.4, -0.2) is 34.2 Å². The van der Waals surface area contributed by atoms with Gasteiger partial charge in [-0.15, -0.1) is 0 Å². The van der Waals surface area contributed by atoms with Crippen molar-refractivity contribution in [2.24, 2.45) is 0 Å². The maximum absolute atomic E-state index is 13.2. The second kappa shape index (κ2) is 7.75. The molecule has 0 N–H and O–H groups in total. The molecule has 0 radical (unpaired) electrons. The third-order valence-corrected chi connectivity index (χ3v) is 6.20. The van der Waals surface area contributed by atoms with Crippen LogP contribution >= 0.6 is 11.3 Å². The Morgan fingerprint density at radius 2 is 1.72 bits per heavy atom. The summed E-state index contributed by atoms with van der Waals surface area (Å²) in [5.74, 6) is -0.901. The Morgan fingerprint density at radius 3 is 2.41 bits per heavy atom. The summed E-state index contributed by atoms with van der Waals surface area (Å²) in [6.45, 7) is 4.16. The molecule has 1 aromatic heterocycles. The summed E-state index contributed by atoms with van der Waals surface area (Å²) >= 11 is 1.44. The van der Waals surface area contributed by atoms with Crippen molar-refractivity contribution in [3.05, 3.63) is 59.2 Å². The number of anilines is 1. The first-order valence-corrected chi connectivity index (χ1v) is 10.3. The van der Waals surface area contributed by atoms with Gasteiger partial charge in [0.25, 0.3) is 0 Å². The molecule has 0 aliphatic carbocycles. The van der Waals surface area contributed by atoms with Gasteiger partial charge in [-0.05, 0) is 42.7 Å². The fourth-order valence-electron chi connectivity index (χ4n) is 3.33. The molecule has 0 saturated carbocycles. The lowest BCUT2D eigenvalue weighted by Gasteiger charge is -2.22. The Balaban J connectivity index is 1.69. The predicted molar refractivity (Wildman–Crippen MR) is 113 cm³/mol. The number of rotatable bonds is 5. The van der Waals surface area contributed by atoms with E-state index < -0.39 is 0 Å². The number of nitrogens with zero attached hydrogens (tertiary/aromatic N) is 3. The van der Waals surface area contributed by atoms with Gasteiger partial charge in [0.1, 0.15) is 6.54 Å². The van der Waals surface area contributed by atoms with Crippen molar-refractivity contribution in [3.8, 4) is 0 Å². The van der Waals surface area contributed by atoms with E-state index in [1.165, 1.54) is 16.9 Å². The van der Waals surface area contributed by atoms with E-state index in [2.05, 4.69) is 11.1 Å². The fraction of sp³-hybridized carbons (Fsp3) is 0.273. The van der Waals surface area contributed by atoms with E-state index in [0.717, 1.165) is 26.2 Å². The van der Waals surface area contributed by atoms with Crippen molar-refractivity contribution in [1.82, 2.24) is 9.88 Å². The molecule has 1 saturated heterocycles. The molecule has 0 bridgehead atoms. The summed E-state index contributed by atoms with van der Waals surface area (Å²) < 4.78 is 1.00. The first-order valence-electron chi connectivity index (χ1n) is 9.47. The maximum atomic E-state index is 13.2. The minimum absolute atomic E-state index is 0.171. The molecule has 148 valence electrons. The van der Waals surface area contributed by atoms with Crippen LogP contribution in [0.4, 0.5) is 5.13 Å². The summed E-state index contributed by atoms with van der Waals surface area (Å²) in [6, 6.07) is 13.7. The average Bonchev–Trinajstić information content (AvgIpc) is 3.24. The SMILES string of the molecule is Cc1cc2nc(N(Cc3ccccc3)C(=O)CN3C(=O)CCC3=O)sc2cc1C. The van der Waals surface area contributed by atoms with Crippen molar-refractivity contribution in [2.45, 2.75) is 33.2 Å². The summed E-state index contributed by atoms with van der Waals surface area (Å²) in [4.78, 5) is 44.4. The molecule has 0 atom stereocenters. The van der Waals surface area contributed by atoms with E-state index in [4.69, 9.17) is 0 Å². The maximum Gasteiger partial charge on any atom is 0.249 e. The lowest BCUT2D eigenvalue weighted by atomic mass is 10.1. The number of thiazole rings is 1. The number of benzene rings is 2. The lowest BCUT2D eigenvalue weighted by molar-refractivity contribution is -0.141. The van der Waals surface area contributed by atoms with Crippen LogP contribution in [0.5, 0.6) is 0 Å². The molecule has 4 rings (SSSR count). The second-order valence-electron chi connectivity index (χ2n) is 7.24. The highest BCUT2D eigenvalue weighted by Crippen LogP contribution is 2.32. The Hall–Kier alpha value is -3.06. The molecule has 0 spiro atoms. The molecule has 2 aromatic carbocycles. The first-order chi connectivity index (χ1) is 13.9. The van der Waals surface area contributed by atoms with Crippen molar-refractivity contribution in [1.29, 1.82) is 0 Å². The molecular weight excluding hydrogens is 386 g/mol. The smallest absolute Gasteiger partial charge is 0.249 e. The molecule has 1 aliphatic heterocycles. The van der Waals surface area contributed by atoms with Crippen molar-refractivity contribution < 1.29 is 14.4 Å². The predicted octanol–water partition coefficient (Wildman–Crippen LogP) is 3.60. The zero-order valence-corrected chi connectivity index (χ0v) is 17.2. The van der Waals surface area contributed by atoms with Crippen LogP contribution in [0.2, 0.25) is 0 Å². The number of aromatic nitrogens is 1. The monoisotopic (exact) mass is 407 g/mol. The number of hydrogen-bond donors (Lipinski definition) is 0. The zero-order chi connectivity index (χ0) is 20.5. The van der Waals surface area contributed by atoms with Crippen molar-refractivity contribution in [3.63, 3.8) is 0 Å². The molecule has 1 aliphatic rings. The van der Waals surface area contributed by atoms with E-state index in [1.807, 2.05) is 50.2 Å². The van der Waals surface area contributed by atoms with Gasteiger partial charge in [-0.25, -0.2) is 4.98 Å². The van der Waals surface area contributed by atoms with Crippen LogP contribution in [-0.2, 0) is 20.9 Å². The number of likely N-dealkylation sites (tertiary alicyclic amines) is 1. The molecule has 0 unspecified atom stereocenters. The van der Waals surface area contributed by atoms with Gasteiger partial charge in [0.05, 0.1) is 16.8 Å². The number of hydrogen-bond acceptors (Lipinski definition) is 5. The zero-order valence-electron chi connectivity index (χ0n) is 16.3. The minimum Gasteiger partial charge on any atom is -0.282 e. The van der Waals surface area contributed by atoms with Gasteiger partial charge in [-0.2, -0.15) is 0 Å². The molecule has 3 amide bonds. The summed E-state index contributed by atoms with van der Waals surface area (Å²) in [5.41, 5.74) is 4.10. The van der Waals surface area contributed by atoms with Gasteiger partial charge in [0.15, 0.2) is 5.13 Å². The molecule has 6 nitrogen and oxygen atoms in total. The quantitative estimate of drug-likeness (QED) is 0.606. The molecule has 3 aromatic rings. The summed E-state index contributed by atoms with van der Waals surface area (Å²) in [5, 5.41) is 0.568.